The lowest BCUT2D eigenvalue weighted by molar-refractivity contribution is 0.259. The first-order chi connectivity index (χ1) is 11.3. The Hall–Kier alpha value is -0.900. The zero-order valence-electron chi connectivity index (χ0n) is 14.2. The lowest BCUT2D eigenvalue weighted by Crippen LogP contribution is -2.45. The number of nitrogens with one attached hydrogen (secondary N) is 1. The van der Waals surface area contributed by atoms with Gasteiger partial charge in [-0.05, 0) is 55.9 Å². The summed E-state index contributed by atoms with van der Waals surface area (Å²) in [6.07, 6.45) is 7.78. The van der Waals surface area contributed by atoms with Crippen molar-refractivity contribution in [1.29, 1.82) is 0 Å². The molecule has 3 aliphatic rings. The van der Waals surface area contributed by atoms with Gasteiger partial charge in [-0.2, -0.15) is 0 Å². The summed E-state index contributed by atoms with van der Waals surface area (Å²) in [5.41, 5.74) is 7.50. The van der Waals surface area contributed by atoms with Crippen LogP contribution in [0, 0.1) is 11.8 Å². The molecule has 1 aromatic rings. The van der Waals surface area contributed by atoms with Gasteiger partial charge in [0.05, 0.1) is 0 Å². The fourth-order valence-electron chi connectivity index (χ4n) is 5.12. The molecule has 3 nitrogen and oxygen atoms in total. The van der Waals surface area contributed by atoms with Crippen LogP contribution in [-0.4, -0.2) is 36.1 Å². The van der Waals surface area contributed by atoms with E-state index in [9.17, 15) is 0 Å². The summed E-state index contributed by atoms with van der Waals surface area (Å²) in [4.78, 5) is 2.68. The predicted molar refractivity (Wildman–Crippen MR) is 95.1 cm³/mol. The van der Waals surface area contributed by atoms with E-state index in [2.05, 4.69) is 40.5 Å². The molecule has 1 aliphatic heterocycles. The van der Waals surface area contributed by atoms with Gasteiger partial charge in [-0.15, -0.1) is 0 Å². The Morgan fingerprint density at radius 2 is 1.74 bits per heavy atom. The van der Waals surface area contributed by atoms with Crippen molar-refractivity contribution in [2.24, 2.45) is 17.6 Å². The molecule has 1 heterocycles. The van der Waals surface area contributed by atoms with E-state index in [1.165, 1.54) is 57.2 Å². The van der Waals surface area contributed by atoms with Gasteiger partial charge in [0.25, 0.3) is 0 Å². The van der Waals surface area contributed by atoms with Crippen LogP contribution in [0.5, 0.6) is 0 Å². The van der Waals surface area contributed by atoms with Crippen molar-refractivity contribution in [2.45, 2.75) is 63.2 Å². The second-order valence-electron chi connectivity index (χ2n) is 8.07. The molecular formula is C20H31N3. The molecule has 2 aliphatic carbocycles. The van der Waals surface area contributed by atoms with E-state index in [4.69, 9.17) is 5.73 Å². The lowest BCUT2D eigenvalue weighted by atomic mass is 9.90. The zero-order valence-corrected chi connectivity index (χ0v) is 14.2. The summed E-state index contributed by atoms with van der Waals surface area (Å²) in [6.45, 7) is 3.70. The highest BCUT2D eigenvalue weighted by Gasteiger charge is 2.43. The van der Waals surface area contributed by atoms with Crippen LogP contribution < -0.4 is 11.1 Å². The van der Waals surface area contributed by atoms with Gasteiger partial charge in [-0.1, -0.05) is 30.3 Å². The number of nitrogens with two attached hydrogens (primary N) is 1. The monoisotopic (exact) mass is 313 g/mol. The van der Waals surface area contributed by atoms with Crippen LogP contribution in [0.15, 0.2) is 30.3 Å². The minimum atomic E-state index is 0.456. The number of hydrogen-bond acceptors (Lipinski definition) is 3. The van der Waals surface area contributed by atoms with Gasteiger partial charge in [-0.25, -0.2) is 0 Å². The molecule has 3 atom stereocenters. The van der Waals surface area contributed by atoms with Gasteiger partial charge in [0, 0.05) is 37.8 Å². The molecule has 3 N–H and O–H groups in total. The van der Waals surface area contributed by atoms with E-state index in [1.807, 2.05) is 0 Å². The van der Waals surface area contributed by atoms with Gasteiger partial charge >= 0.3 is 0 Å². The number of rotatable bonds is 4. The number of benzene rings is 1. The topological polar surface area (TPSA) is 41.3 Å². The molecule has 2 saturated carbocycles. The van der Waals surface area contributed by atoms with Gasteiger partial charge in [0.15, 0.2) is 0 Å². The second-order valence-corrected chi connectivity index (χ2v) is 8.07. The Morgan fingerprint density at radius 3 is 2.52 bits per heavy atom. The summed E-state index contributed by atoms with van der Waals surface area (Å²) in [7, 11) is 0. The molecule has 3 fully saturated rings. The van der Waals surface area contributed by atoms with Crippen molar-refractivity contribution < 1.29 is 0 Å². The molecule has 0 radical (unpaired) electrons. The molecule has 126 valence electrons. The number of hydrogen-bond donors (Lipinski definition) is 2. The maximum atomic E-state index is 6.05. The van der Waals surface area contributed by atoms with E-state index >= 15 is 0 Å². The molecule has 4 rings (SSSR count). The number of nitrogens with zero attached hydrogens (tertiary/aromatic N) is 1. The van der Waals surface area contributed by atoms with Crippen molar-refractivity contribution in [3.63, 3.8) is 0 Å². The van der Waals surface area contributed by atoms with Crippen LogP contribution in [0.25, 0.3) is 0 Å². The van der Waals surface area contributed by atoms with Crippen LogP contribution >= 0.6 is 0 Å². The first-order valence-corrected chi connectivity index (χ1v) is 9.56. The first-order valence-electron chi connectivity index (χ1n) is 9.56. The fourth-order valence-corrected chi connectivity index (χ4v) is 5.12. The molecule has 0 bridgehead atoms. The van der Waals surface area contributed by atoms with Gasteiger partial charge in [0.2, 0.25) is 0 Å². The third-order valence-corrected chi connectivity index (χ3v) is 6.40. The Balaban J connectivity index is 1.31. The smallest absolute Gasteiger partial charge is 0.0233 e. The van der Waals surface area contributed by atoms with E-state index in [1.54, 1.807) is 0 Å². The van der Waals surface area contributed by atoms with Crippen LogP contribution in [0.1, 0.15) is 44.1 Å². The van der Waals surface area contributed by atoms with Crippen molar-refractivity contribution in [1.82, 2.24) is 10.2 Å². The highest BCUT2D eigenvalue weighted by atomic mass is 15.2. The van der Waals surface area contributed by atoms with Gasteiger partial charge in [-0.3, -0.25) is 4.90 Å². The minimum Gasteiger partial charge on any atom is -0.328 e. The first kappa shape index (κ1) is 15.6. The van der Waals surface area contributed by atoms with Gasteiger partial charge < -0.3 is 11.1 Å². The van der Waals surface area contributed by atoms with Crippen molar-refractivity contribution in [3.8, 4) is 0 Å². The lowest BCUT2D eigenvalue weighted by Gasteiger charge is -2.31. The van der Waals surface area contributed by atoms with Crippen molar-refractivity contribution in [2.75, 3.05) is 13.1 Å². The van der Waals surface area contributed by atoms with Crippen molar-refractivity contribution in [3.05, 3.63) is 35.9 Å². The predicted octanol–water partition coefficient (Wildman–Crippen LogP) is 2.76. The van der Waals surface area contributed by atoms with E-state index in [0.717, 1.165) is 30.5 Å². The molecule has 23 heavy (non-hydrogen) atoms. The minimum absolute atomic E-state index is 0.456. The molecular weight excluding hydrogens is 282 g/mol. The molecule has 0 amide bonds. The number of fused-ring (bicyclic) bond motifs is 1. The standard InChI is InChI=1S/C20H31N3/c21-17-7-9-18(10-8-17)22-20-11-6-16-13-23(14-19(16)20)12-15-4-2-1-3-5-15/h1-5,16-20,22H,6-14,21H2. The third kappa shape index (κ3) is 3.62. The Bertz CT molecular complexity index is 495. The van der Waals surface area contributed by atoms with Crippen LogP contribution in [0.4, 0.5) is 0 Å². The SMILES string of the molecule is NC1CCC(NC2CCC3CN(Cc4ccccc4)CC32)CC1. The zero-order chi connectivity index (χ0) is 15.6. The summed E-state index contributed by atoms with van der Waals surface area (Å²) >= 11 is 0. The maximum Gasteiger partial charge on any atom is 0.0233 e. The second kappa shape index (κ2) is 6.92. The highest BCUT2D eigenvalue weighted by Crippen LogP contribution is 2.39. The summed E-state index contributed by atoms with van der Waals surface area (Å²) in [6, 6.07) is 12.9. The molecule has 0 spiro atoms. The normalized spacial score (nSPS) is 37.9. The molecule has 0 aromatic heterocycles. The average molecular weight is 313 g/mol. The molecule has 3 heteroatoms. The number of likely N-dealkylation sites (tertiary alicyclic amines) is 1. The molecule has 3 unspecified atom stereocenters. The van der Waals surface area contributed by atoms with Gasteiger partial charge in [0.1, 0.15) is 0 Å². The Morgan fingerprint density at radius 1 is 0.957 bits per heavy atom. The highest BCUT2D eigenvalue weighted by molar-refractivity contribution is 5.15. The fraction of sp³-hybridized carbons (Fsp3) is 0.700. The third-order valence-electron chi connectivity index (χ3n) is 6.40. The van der Waals surface area contributed by atoms with Crippen LogP contribution in [0.2, 0.25) is 0 Å². The molecule has 1 saturated heterocycles. The summed E-state index contributed by atoms with van der Waals surface area (Å²) < 4.78 is 0. The van der Waals surface area contributed by atoms with E-state index in [0.29, 0.717) is 6.04 Å². The largest absolute Gasteiger partial charge is 0.328 e. The van der Waals surface area contributed by atoms with Crippen molar-refractivity contribution >= 4 is 0 Å². The van der Waals surface area contributed by atoms with Crippen LogP contribution in [-0.2, 0) is 6.54 Å². The van der Waals surface area contributed by atoms with E-state index < -0.39 is 0 Å². The quantitative estimate of drug-likeness (QED) is 0.898. The molecule has 1 aromatic carbocycles. The Kier molecular flexibility index (Phi) is 4.70. The summed E-state index contributed by atoms with van der Waals surface area (Å²) in [5, 5.41) is 4.01. The average Bonchev–Trinajstić information content (AvgIpc) is 3.12. The van der Waals surface area contributed by atoms with E-state index in [-0.39, 0.29) is 0 Å². The maximum absolute atomic E-state index is 6.05. The Labute approximate surface area is 140 Å². The summed E-state index contributed by atoms with van der Waals surface area (Å²) in [5.74, 6) is 1.79. The van der Waals surface area contributed by atoms with Crippen LogP contribution in [0.3, 0.4) is 0 Å².